The second-order valence-corrected chi connectivity index (χ2v) is 10.5. The molecule has 0 aromatic heterocycles. The van der Waals surface area contributed by atoms with E-state index in [0.29, 0.717) is 11.0 Å². The molecule has 0 aromatic rings. The molecule has 1 atom stereocenters. The fourth-order valence-electron chi connectivity index (χ4n) is 4.02. The van der Waals surface area contributed by atoms with E-state index in [1.54, 1.807) is 0 Å². The second kappa shape index (κ2) is 18.4. The van der Waals surface area contributed by atoms with Gasteiger partial charge in [0.2, 0.25) is 0 Å². The Morgan fingerprint density at radius 3 is 1.43 bits per heavy atom. The molecule has 0 aliphatic carbocycles. The molecular formula is C23H50NO5S+. The van der Waals surface area contributed by atoms with Crippen LogP contribution in [-0.2, 0) is 14.6 Å². The van der Waals surface area contributed by atoms with Crippen LogP contribution in [0.15, 0.2) is 0 Å². The van der Waals surface area contributed by atoms with Gasteiger partial charge in [0, 0.05) is 0 Å². The minimum Gasteiger partial charge on any atom is -0.393 e. The van der Waals surface area contributed by atoms with Crippen molar-refractivity contribution in [2.75, 3.05) is 33.8 Å². The molecule has 0 fully saturated rings. The molecule has 0 spiro atoms. The molecule has 0 aliphatic rings. The average molecular weight is 453 g/mol. The van der Waals surface area contributed by atoms with E-state index < -0.39 is 23.1 Å². The van der Waals surface area contributed by atoms with Gasteiger partial charge in [-0.3, -0.25) is 4.55 Å². The molecule has 6 nitrogen and oxygen atoms in total. The third kappa shape index (κ3) is 21.0. The molecular weight excluding hydrogens is 402 g/mol. The Morgan fingerprint density at radius 2 is 1.10 bits per heavy atom. The Bertz CT molecular complexity index is 482. The van der Waals surface area contributed by atoms with Crippen LogP contribution in [0.4, 0.5) is 0 Å². The standard InChI is InChI=1S/C23H49NO5S/c1-4-5-6-7-8-9-10-11-12-13-14-15-16-17-18-19-20-24(2,3)21-23(22-25)29-30(26,27)28/h23,25H,4-22H2,1-3H3/p+1. The molecule has 0 heterocycles. The molecule has 0 aliphatic heterocycles. The zero-order valence-corrected chi connectivity index (χ0v) is 20.8. The van der Waals surface area contributed by atoms with Gasteiger partial charge in [-0.15, -0.1) is 0 Å². The van der Waals surface area contributed by atoms with Crippen molar-refractivity contribution in [1.29, 1.82) is 0 Å². The molecule has 0 bridgehead atoms. The number of hydrogen-bond acceptors (Lipinski definition) is 4. The van der Waals surface area contributed by atoms with Gasteiger partial charge in [0.25, 0.3) is 0 Å². The van der Waals surface area contributed by atoms with Crippen molar-refractivity contribution in [3.05, 3.63) is 0 Å². The van der Waals surface area contributed by atoms with Crippen LogP contribution in [0.5, 0.6) is 0 Å². The monoisotopic (exact) mass is 452 g/mol. The zero-order valence-electron chi connectivity index (χ0n) is 20.0. The first-order valence-electron chi connectivity index (χ1n) is 12.3. The summed E-state index contributed by atoms with van der Waals surface area (Å²) < 4.78 is 35.5. The first-order chi connectivity index (χ1) is 14.2. The lowest BCUT2D eigenvalue weighted by atomic mass is 10.0. The molecule has 7 heteroatoms. The van der Waals surface area contributed by atoms with Crippen molar-refractivity contribution >= 4 is 10.4 Å². The van der Waals surface area contributed by atoms with Crippen molar-refractivity contribution in [2.24, 2.45) is 0 Å². The zero-order chi connectivity index (χ0) is 22.7. The van der Waals surface area contributed by atoms with Crippen LogP contribution in [0.2, 0.25) is 0 Å². The summed E-state index contributed by atoms with van der Waals surface area (Å²) in [5.74, 6) is 0. The van der Waals surface area contributed by atoms with Crippen LogP contribution >= 0.6 is 0 Å². The van der Waals surface area contributed by atoms with E-state index >= 15 is 0 Å². The van der Waals surface area contributed by atoms with Gasteiger partial charge in [-0.2, -0.15) is 8.42 Å². The molecule has 30 heavy (non-hydrogen) atoms. The van der Waals surface area contributed by atoms with E-state index in [1.807, 2.05) is 14.1 Å². The van der Waals surface area contributed by atoms with Gasteiger partial charge in [0.1, 0.15) is 6.54 Å². The number of unbranched alkanes of at least 4 members (excludes halogenated alkanes) is 15. The summed E-state index contributed by atoms with van der Waals surface area (Å²) in [6.07, 6.45) is 20.5. The fourth-order valence-corrected chi connectivity index (χ4v) is 4.49. The summed E-state index contributed by atoms with van der Waals surface area (Å²) in [5.41, 5.74) is 0. The molecule has 0 amide bonds. The maximum absolute atomic E-state index is 10.8. The van der Waals surface area contributed by atoms with Crippen molar-refractivity contribution in [1.82, 2.24) is 0 Å². The van der Waals surface area contributed by atoms with Crippen LogP contribution in [0, 0.1) is 0 Å². The van der Waals surface area contributed by atoms with Crippen LogP contribution in [0.3, 0.4) is 0 Å². The van der Waals surface area contributed by atoms with Crippen LogP contribution < -0.4 is 0 Å². The van der Waals surface area contributed by atoms with E-state index in [4.69, 9.17) is 4.55 Å². The number of likely N-dealkylation sites (N-methyl/N-ethyl adjacent to an activating group) is 1. The predicted molar refractivity (Wildman–Crippen MR) is 125 cm³/mol. The van der Waals surface area contributed by atoms with Gasteiger partial charge in [0.05, 0.1) is 27.2 Å². The predicted octanol–water partition coefficient (Wildman–Crippen LogP) is 5.50. The average Bonchev–Trinajstić information content (AvgIpc) is 2.65. The van der Waals surface area contributed by atoms with E-state index in [2.05, 4.69) is 11.1 Å². The van der Waals surface area contributed by atoms with E-state index in [-0.39, 0.29) is 0 Å². The maximum Gasteiger partial charge on any atom is 0.397 e. The van der Waals surface area contributed by atoms with Crippen molar-refractivity contribution < 1.29 is 26.7 Å². The van der Waals surface area contributed by atoms with E-state index in [9.17, 15) is 13.5 Å². The van der Waals surface area contributed by atoms with Gasteiger partial charge >= 0.3 is 10.4 Å². The van der Waals surface area contributed by atoms with Gasteiger partial charge in [-0.25, -0.2) is 4.18 Å². The van der Waals surface area contributed by atoms with Crippen molar-refractivity contribution in [3.8, 4) is 0 Å². The summed E-state index contributed by atoms with van der Waals surface area (Å²) in [7, 11) is -0.555. The van der Waals surface area contributed by atoms with Gasteiger partial charge in [-0.05, 0) is 12.8 Å². The lowest BCUT2D eigenvalue weighted by Crippen LogP contribution is -2.48. The SMILES string of the molecule is CCCCCCCCCCCCCCCCCC[N+](C)(C)CC(CO)OS(=O)(=O)O. The van der Waals surface area contributed by atoms with E-state index in [0.717, 1.165) is 13.0 Å². The highest BCUT2D eigenvalue weighted by atomic mass is 32.3. The highest BCUT2D eigenvalue weighted by molar-refractivity contribution is 7.80. The van der Waals surface area contributed by atoms with Crippen molar-refractivity contribution in [3.63, 3.8) is 0 Å². The Kier molecular flexibility index (Phi) is 18.2. The molecule has 182 valence electrons. The van der Waals surface area contributed by atoms with Crippen LogP contribution in [0.1, 0.15) is 110 Å². The topological polar surface area (TPSA) is 83.8 Å². The summed E-state index contributed by atoms with van der Waals surface area (Å²) in [6, 6.07) is 0. The lowest BCUT2D eigenvalue weighted by Gasteiger charge is -2.32. The molecule has 0 saturated heterocycles. The number of quaternary nitrogens is 1. The van der Waals surface area contributed by atoms with Crippen LogP contribution in [-0.4, -0.2) is 62.5 Å². The summed E-state index contributed by atoms with van der Waals surface area (Å²) in [4.78, 5) is 0. The Morgan fingerprint density at radius 1 is 0.733 bits per heavy atom. The summed E-state index contributed by atoms with van der Waals surface area (Å²) in [5, 5.41) is 9.25. The Hall–Kier alpha value is -0.210. The minimum absolute atomic E-state index is 0.342. The third-order valence-corrected chi connectivity index (χ3v) is 6.29. The molecule has 2 N–H and O–H groups in total. The highest BCUT2D eigenvalue weighted by Crippen LogP contribution is 2.14. The Labute approximate surface area is 186 Å². The molecule has 0 rings (SSSR count). The largest absolute Gasteiger partial charge is 0.397 e. The number of hydrogen-bond donors (Lipinski definition) is 2. The summed E-state index contributed by atoms with van der Waals surface area (Å²) in [6.45, 7) is 3.07. The summed E-state index contributed by atoms with van der Waals surface area (Å²) >= 11 is 0. The minimum atomic E-state index is -4.53. The van der Waals surface area contributed by atoms with Crippen LogP contribution in [0.25, 0.3) is 0 Å². The fraction of sp³-hybridized carbons (Fsp3) is 1.00. The molecule has 0 radical (unpaired) electrons. The molecule has 0 saturated carbocycles. The van der Waals surface area contributed by atoms with E-state index in [1.165, 1.54) is 96.3 Å². The number of rotatable bonds is 22. The van der Waals surface area contributed by atoms with Gasteiger partial charge < -0.3 is 9.59 Å². The number of aliphatic hydroxyl groups excluding tert-OH is 1. The highest BCUT2D eigenvalue weighted by Gasteiger charge is 2.25. The third-order valence-electron chi connectivity index (χ3n) is 5.78. The Balaban J connectivity index is 3.51. The lowest BCUT2D eigenvalue weighted by molar-refractivity contribution is -0.893. The smallest absolute Gasteiger partial charge is 0.393 e. The maximum atomic E-state index is 10.8. The quantitative estimate of drug-likeness (QED) is 0.129. The normalized spacial score (nSPS) is 13.6. The van der Waals surface area contributed by atoms with Gasteiger partial charge in [0.15, 0.2) is 6.10 Å². The number of aliphatic hydroxyl groups is 1. The number of nitrogens with zero attached hydrogens (tertiary/aromatic N) is 1. The second-order valence-electron chi connectivity index (χ2n) is 9.47. The van der Waals surface area contributed by atoms with Gasteiger partial charge in [-0.1, -0.05) is 96.8 Å². The molecule has 0 aromatic carbocycles. The first kappa shape index (κ1) is 29.8. The first-order valence-corrected chi connectivity index (χ1v) is 13.7. The van der Waals surface area contributed by atoms with Crippen molar-refractivity contribution in [2.45, 2.75) is 116 Å². The molecule has 1 unspecified atom stereocenters.